The second kappa shape index (κ2) is 8.11. The fourth-order valence-corrected chi connectivity index (χ4v) is 2.74. The summed E-state index contributed by atoms with van der Waals surface area (Å²) in [5, 5.41) is 2.99. The van der Waals surface area contributed by atoms with E-state index in [2.05, 4.69) is 10.2 Å². The Hall–Kier alpha value is -2.14. The van der Waals surface area contributed by atoms with Gasteiger partial charge in [-0.25, -0.2) is 0 Å². The molecule has 0 bridgehead atoms. The molecule has 0 saturated carbocycles. The number of piperazine rings is 1. The monoisotopic (exact) mass is 329 g/mol. The maximum atomic E-state index is 12.3. The minimum Gasteiger partial charge on any atom is -0.337 e. The molecule has 1 aromatic rings. The number of aryl methyl sites for hydroxylation is 1. The summed E-state index contributed by atoms with van der Waals surface area (Å²) < 4.78 is 0. The molecule has 0 spiro atoms. The van der Waals surface area contributed by atoms with E-state index in [-0.39, 0.29) is 11.8 Å². The highest BCUT2D eigenvalue weighted by Gasteiger charge is 2.21. The van der Waals surface area contributed by atoms with Gasteiger partial charge in [0.15, 0.2) is 0 Å². The van der Waals surface area contributed by atoms with Crippen LogP contribution in [0.5, 0.6) is 0 Å². The van der Waals surface area contributed by atoms with E-state index >= 15 is 0 Å². The number of hydrogen-bond acceptors (Lipinski definition) is 3. The summed E-state index contributed by atoms with van der Waals surface area (Å²) in [4.78, 5) is 28.2. The van der Waals surface area contributed by atoms with Crippen LogP contribution >= 0.6 is 0 Å². The molecular formula is C19H27N3O2. The number of benzene rings is 1. The Morgan fingerprint density at radius 1 is 1.12 bits per heavy atom. The lowest BCUT2D eigenvalue weighted by molar-refractivity contribution is -0.128. The van der Waals surface area contributed by atoms with Crippen LogP contribution in [0.25, 0.3) is 0 Å². The maximum Gasteiger partial charge on any atom is 0.246 e. The molecule has 1 fully saturated rings. The number of nitrogens with one attached hydrogen (secondary N) is 1. The zero-order valence-corrected chi connectivity index (χ0v) is 15.1. The van der Waals surface area contributed by atoms with Gasteiger partial charge in [-0.2, -0.15) is 0 Å². The number of amides is 2. The number of carbonyl (C=O) groups excluding carboxylic acids is 2. The van der Waals surface area contributed by atoms with E-state index in [0.29, 0.717) is 19.6 Å². The van der Waals surface area contributed by atoms with Gasteiger partial charge in [0.1, 0.15) is 0 Å². The molecular weight excluding hydrogens is 302 g/mol. The van der Waals surface area contributed by atoms with E-state index in [9.17, 15) is 9.59 Å². The summed E-state index contributed by atoms with van der Waals surface area (Å²) in [6.45, 7) is 11.0. The minimum atomic E-state index is -0.00669. The van der Waals surface area contributed by atoms with Crippen molar-refractivity contribution in [2.75, 3.05) is 38.0 Å². The van der Waals surface area contributed by atoms with Crippen molar-refractivity contribution in [3.8, 4) is 0 Å². The maximum absolute atomic E-state index is 12.3. The van der Waals surface area contributed by atoms with E-state index in [0.717, 1.165) is 29.9 Å². The third kappa shape index (κ3) is 4.93. The van der Waals surface area contributed by atoms with Crippen LogP contribution in [0, 0.1) is 13.8 Å². The third-order valence-corrected chi connectivity index (χ3v) is 4.34. The van der Waals surface area contributed by atoms with Gasteiger partial charge in [-0.3, -0.25) is 14.5 Å². The Kier molecular flexibility index (Phi) is 6.15. The minimum absolute atomic E-state index is 0.00669. The van der Waals surface area contributed by atoms with Crippen molar-refractivity contribution < 1.29 is 9.59 Å². The van der Waals surface area contributed by atoms with Gasteiger partial charge in [-0.1, -0.05) is 17.7 Å². The standard InChI is InChI=1S/C19H27N3O2/c1-14(2)12-19(24)22-10-8-21(9-11-22)13-18(23)20-17-7-5-6-15(3)16(17)4/h5-7,12H,8-11,13H2,1-4H3,(H,20,23). The number of hydrogen-bond donors (Lipinski definition) is 1. The molecule has 24 heavy (non-hydrogen) atoms. The lowest BCUT2D eigenvalue weighted by Crippen LogP contribution is -2.50. The summed E-state index contributed by atoms with van der Waals surface area (Å²) >= 11 is 0. The van der Waals surface area contributed by atoms with E-state index in [1.54, 1.807) is 6.08 Å². The van der Waals surface area contributed by atoms with Gasteiger partial charge >= 0.3 is 0 Å². The zero-order valence-electron chi connectivity index (χ0n) is 15.1. The molecule has 2 rings (SSSR count). The quantitative estimate of drug-likeness (QED) is 0.863. The van der Waals surface area contributed by atoms with Crippen LogP contribution in [-0.2, 0) is 9.59 Å². The highest BCUT2D eigenvalue weighted by atomic mass is 16.2. The molecule has 0 aliphatic carbocycles. The molecule has 0 unspecified atom stereocenters. The number of anilines is 1. The van der Waals surface area contributed by atoms with Crippen LogP contribution < -0.4 is 5.32 Å². The number of carbonyl (C=O) groups is 2. The highest BCUT2D eigenvalue weighted by Crippen LogP contribution is 2.17. The summed E-state index contributed by atoms with van der Waals surface area (Å²) in [6.07, 6.45) is 1.67. The van der Waals surface area contributed by atoms with Gasteiger partial charge in [0.25, 0.3) is 0 Å². The van der Waals surface area contributed by atoms with Crippen molar-refractivity contribution in [2.24, 2.45) is 0 Å². The number of allylic oxidation sites excluding steroid dienone is 1. The average Bonchev–Trinajstić information content (AvgIpc) is 2.52. The van der Waals surface area contributed by atoms with E-state index in [4.69, 9.17) is 0 Å². The van der Waals surface area contributed by atoms with Gasteiger partial charge < -0.3 is 10.2 Å². The van der Waals surface area contributed by atoms with Crippen molar-refractivity contribution in [1.82, 2.24) is 9.80 Å². The van der Waals surface area contributed by atoms with Crippen LogP contribution in [-0.4, -0.2) is 54.3 Å². The van der Waals surface area contributed by atoms with Crippen molar-refractivity contribution in [3.05, 3.63) is 41.0 Å². The van der Waals surface area contributed by atoms with Gasteiger partial charge in [-0.05, 0) is 44.9 Å². The molecule has 5 heteroatoms. The number of nitrogens with zero attached hydrogens (tertiary/aromatic N) is 2. The Bertz CT molecular complexity index is 640. The molecule has 1 aliphatic rings. The molecule has 0 aromatic heterocycles. The molecule has 1 aromatic carbocycles. The predicted octanol–water partition coefficient (Wildman–Crippen LogP) is 2.35. The highest BCUT2D eigenvalue weighted by molar-refractivity contribution is 5.93. The molecule has 5 nitrogen and oxygen atoms in total. The first-order valence-electron chi connectivity index (χ1n) is 8.39. The summed E-state index contributed by atoms with van der Waals surface area (Å²) in [5.74, 6) is 0.0577. The molecule has 1 N–H and O–H groups in total. The fourth-order valence-electron chi connectivity index (χ4n) is 2.74. The van der Waals surface area contributed by atoms with Gasteiger partial charge in [0.2, 0.25) is 11.8 Å². The van der Waals surface area contributed by atoms with E-state index < -0.39 is 0 Å². The molecule has 1 heterocycles. The predicted molar refractivity (Wildman–Crippen MR) is 97.0 cm³/mol. The molecule has 1 aliphatic heterocycles. The van der Waals surface area contributed by atoms with Crippen molar-refractivity contribution in [2.45, 2.75) is 27.7 Å². The van der Waals surface area contributed by atoms with Crippen LogP contribution in [0.1, 0.15) is 25.0 Å². The molecule has 1 saturated heterocycles. The fraction of sp³-hybridized carbons (Fsp3) is 0.474. The summed E-state index contributed by atoms with van der Waals surface area (Å²) in [7, 11) is 0. The largest absolute Gasteiger partial charge is 0.337 e. The molecule has 0 atom stereocenters. The number of rotatable bonds is 4. The van der Waals surface area contributed by atoms with Crippen LogP contribution in [0.15, 0.2) is 29.8 Å². The third-order valence-electron chi connectivity index (χ3n) is 4.34. The molecule has 0 radical (unpaired) electrons. The van der Waals surface area contributed by atoms with Crippen LogP contribution in [0.3, 0.4) is 0 Å². The van der Waals surface area contributed by atoms with E-state index in [1.807, 2.05) is 50.8 Å². The van der Waals surface area contributed by atoms with Crippen molar-refractivity contribution >= 4 is 17.5 Å². The average molecular weight is 329 g/mol. The Morgan fingerprint density at radius 2 is 1.79 bits per heavy atom. The summed E-state index contributed by atoms with van der Waals surface area (Å²) in [5.41, 5.74) is 4.15. The second-order valence-corrected chi connectivity index (χ2v) is 6.62. The molecule has 2 amide bonds. The van der Waals surface area contributed by atoms with Gasteiger partial charge in [0, 0.05) is 37.9 Å². The second-order valence-electron chi connectivity index (χ2n) is 6.62. The first-order valence-corrected chi connectivity index (χ1v) is 8.39. The van der Waals surface area contributed by atoms with Gasteiger partial charge in [0.05, 0.1) is 6.54 Å². The Labute approximate surface area is 144 Å². The zero-order chi connectivity index (χ0) is 17.7. The Morgan fingerprint density at radius 3 is 2.42 bits per heavy atom. The first-order chi connectivity index (χ1) is 11.4. The van der Waals surface area contributed by atoms with Crippen molar-refractivity contribution in [1.29, 1.82) is 0 Å². The van der Waals surface area contributed by atoms with Crippen LogP contribution in [0.4, 0.5) is 5.69 Å². The van der Waals surface area contributed by atoms with Crippen molar-refractivity contribution in [3.63, 3.8) is 0 Å². The SMILES string of the molecule is CC(C)=CC(=O)N1CCN(CC(=O)Nc2cccc(C)c2C)CC1. The first kappa shape index (κ1) is 18.2. The Balaban J connectivity index is 1.83. The smallest absolute Gasteiger partial charge is 0.246 e. The lowest BCUT2D eigenvalue weighted by Gasteiger charge is -2.33. The lowest BCUT2D eigenvalue weighted by atomic mass is 10.1. The summed E-state index contributed by atoms with van der Waals surface area (Å²) in [6, 6.07) is 5.91. The van der Waals surface area contributed by atoms with Gasteiger partial charge in [-0.15, -0.1) is 0 Å². The topological polar surface area (TPSA) is 52.7 Å². The molecule has 130 valence electrons. The van der Waals surface area contributed by atoms with Crippen LogP contribution in [0.2, 0.25) is 0 Å². The van der Waals surface area contributed by atoms with E-state index in [1.165, 1.54) is 5.56 Å². The normalized spacial score (nSPS) is 15.1.